The minimum Gasteiger partial charge on any atom is -0.348 e. The number of pyridine rings is 1. The standard InChI is InChI=1S/C35H37N5O4S2/c1-4-10-33-38-34-23(2)17-27(35(42)37-28(22-45)18-25-11-6-5-7-12-25)19-31(34)40(33)21-26-15-16-30(36-20-26)29-13-8-9-14-32(29)46(43,44)39-24(3)41/h5-9,11-17,19-20,28,45H,4,10,18,21-22H2,1-3H3,(H,37,42)(H,39,41). The molecule has 2 heterocycles. The van der Waals surface area contributed by atoms with Crippen LogP contribution in [0.15, 0.2) is 90.0 Å². The summed E-state index contributed by atoms with van der Waals surface area (Å²) < 4.78 is 29.7. The summed E-state index contributed by atoms with van der Waals surface area (Å²) in [7, 11) is -4.06. The van der Waals surface area contributed by atoms with Gasteiger partial charge in [0.2, 0.25) is 5.91 Å². The van der Waals surface area contributed by atoms with Crippen molar-refractivity contribution in [3.05, 3.63) is 113 Å². The highest BCUT2D eigenvalue weighted by atomic mass is 32.2. The average molecular weight is 656 g/mol. The third-order valence-electron chi connectivity index (χ3n) is 7.64. The Morgan fingerprint density at radius 1 is 0.978 bits per heavy atom. The van der Waals surface area contributed by atoms with E-state index < -0.39 is 15.9 Å². The smallest absolute Gasteiger partial charge is 0.264 e. The monoisotopic (exact) mass is 655 g/mol. The van der Waals surface area contributed by atoms with Crippen molar-refractivity contribution in [3.8, 4) is 11.3 Å². The Bertz CT molecular complexity index is 1970. The van der Waals surface area contributed by atoms with E-state index in [2.05, 4.69) is 34.4 Å². The first-order valence-corrected chi connectivity index (χ1v) is 17.2. The van der Waals surface area contributed by atoms with Crippen LogP contribution in [-0.4, -0.2) is 46.6 Å². The zero-order chi connectivity index (χ0) is 32.8. The minimum atomic E-state index is -4.06. The zero-order valence-electron chi connectivity index (χ0n) is 26.0. The van der Waals surface area contributed by atoms with Crippen LogP contribution in [0.25, 0.3) is 22.3 Å². The molecule has 0 saturated heterocycles. The van der Waals surface area contributed by atoms with Crippen molar-refractivity contribution in [2.24, 2.45) is 0 Å². The number of hydrogen-bond donors (Lipinski definition) is 3. The number of nitrogens with zero attached hydrogens (tertiary/aromatic N) is 3. The molecule has 1 atom stereocenters. The molecule has 2 N–H and O–H groups in total. The van der Waals surface area contributed by atoms with Crippen LogP contribution in [0.3, 0.4) is 0 Å². The number of aryl methyl sites for hydroxylation is 2. The Balaban J connectivity index is 1.44. The number of benzene rings is 3. The largest absolute Gasteiger partial charge is 0.348 e. The van der Waals surface area contributed by atoms with E-state index in [-0.39, 0.29) is 16.8 Å². The Morgan fingerprint density at radius 2 is 1.72 bits per heavy atom. The maximum absolute atomic E-state index is 13.5. The first-order chi connectivity index (χ1) is 22.1. The van der Waals surface area contributed by atoms with Crippen LogP contribution in [0, 0.1) is 6.92 Å². The normalized spacial score (nSPS) is 12.2. The van der Waals surface area contributed by atoms with E-state index in [1.165, 1.54) is 6.07 Å². The molecule has 0 spiro atoms. The van der Waals surface area contributed by atoms with Gasteiger partial charge in [0.1, 0.15) is 5.82 Å². The fraction of sp³-hybridized carbons (Fsp3) is 0.257. The van der Waals surface area contributed by atoms with Gasteiger partial charge in [-0.05, 0) is 60.7 Å². The highest BCUT2D eigenvalue weighted by molar-refractivity contribution is 7.90. The van der Waals surface area contributed by atoms with E-state index in [1.807, 2.05) is 60.2 Å². The van der Waals surface area contributed by atoms with Gasteiger partial charge in [-0.15, -0.1) is 0 Å². The van der Waals surface area contributed by atoms with Gasteiger partial charge in [-0.1, -0.05) is 61.5 Å². The summed E-state index contributed by atoms with van der Waals surface area (Å²) in [5.74, 6) is 0.584. The molecule has 5 aromatic rings. The quantitative estimate of drug-likeness (QED) is 0.153. The van der Waals surface area contributed by atoms with Crippen molar-refractivity contribution < 1.29 is 18.0 Å². The van der Waals surface area contributed by atoms with Crippen LogP contribution < -0.4 is 10.0 Å². The SMILES string of the molecule is CCCc1nc2c(C)cc(C(=O)NC(CS)Cc3ccccc3)cc2n1Cc1ccc(-c2ccccc2S(=O)(=O)NC(C)=O)nc1. The predicted octanol–water partition coefficient (Wildman–Crippen LogP) is 5.50. The van der Waals surface area contributed by atoms with Gasteiger partial charge in [-0.25, -0.2) is 18.1 Å². The van der Waals surface area contributed by atoms with Crippen molar-refractivity contribution in [2.45, 2.75) is 57.5 Å². The number of nitrogens with one attached hydrogen (secondary N) is 2. The van der Waals surface area contributed by atoms with Crippen molar-refractivity contribution >= 4 is 45.5 Å². The van der Waals surface area contributed by atoms with Crippen LogP contribution in [0.5, 0.6) is 0 Å². The first kappa shape index (κ1) is 32.9. The second-order valence-electron chi connectivity index (χ2n) is 11.3. The van der Waals surface area contributed by atoms with Gasteiger partial charge in [-0.3, -0.25) is 14.6 Å². The Hall–Kier alpha value is -4.48. The van der Waals surface area contributed by atoms with Crippen LogP contribution >= 0.6 is 12.6 Å². The number of carbonyl (C=O) groups is 2. The molecule has 2 aromatic heterocycles. The zero-order valence-corrected chi connectivity index (χ0v) is 27.7. The van der Waals surface area contributed by atoms with E-state index in [0.29, 0.717) is 35.5 Å². The van der Waals surface area contributed by atoms with Crippen molar-refractivity contribution in [3.63, 3.8) is 0 Å². The molecule has 11 heteroatoms. The van der Waals surface area contributed by atoms with E-state index in [4.69, 9.17) is 4.98 Å². The Labute approximate surface area is 274 Å². The van der Waals surface area contributed by atoms with Gasteiger partial charge in [0.15, 0.2) is 0 Å². The van der Waals surface area contributed by atoms with E-state index in [1.54, 1.807) is 30.5 Å². The van der Waals surface area contributed by atoms with Gasteiger partial charge in [0.05, 0.1) is 28.2 Å². The summed E-state index contributed by atoms with van der Waals surface area (Å²) >= 11 is 4.49. The van der Waals surface area contributed by atoms with Crippen molar-refractivity contribution in [1.82, 2.24) is 24.6 Å². The maximum atomic E-state index is 13.5. The lowest BCUT2D eigenvalue weighted by molar-refractivity contribution is -0.117. The van der Waals surface area contributed by atoms with Gasteiger partial charge in [0.25, 0.3) is 15.9 Å². The number of imidazole rings is 1. The fourth-order valence-electron chi connectivity index (χ4n) is 5.51. The van der Waals surface area contributed by atoms with Gasteiger partial charge < -0.3 is 9.88 Å². The van der Waals surface area contributed by atoms with Gasteiger partial charge in [-0.2, -0.15) is 12.6 Å². The maximum Gasteiger partial charge on any atom is 0.264 e. The second-order valence-corrected chi connectivity index (χ2v) is 13.3. The van der Waals surface area contributed by atoms with Crippen LogP contribution in [0.2, 0.25) is 0 Å². The van der Waals surface area contributed by atoms with Crippen molar-refractivity contribution in [2.75, 3.05) is 5.75 Å². The second kappa shape index (κ2) is 14.3. The van der Waals surface area contributed by atoms with E-state index >= 15 is 0 Å². The van der Waals surface area contributed by atoms with Crippen LogP contribution in [0.4, 0.5) is 0 Å². The molecular weight excluding hydrogens is 619 g/mol. The summed E-state index contributed by atoms with van der Waals surface area (Å²) in [6.45, 7) is 5.68. The molecule has 2 amide bonds. The lowest BCUT2D eigenvalue weighted by atomic mass is 10.1. The van der Waals surface area contributed by atoms with Crippen LogP contribution in [-0.2, 0) is 34.2 Å². The molecule has 238 valence electrons. The van der Waals surface area contributed by atoms with Gasteiger partial charge in [0, 0.05) is 42.5 Å². The minimum absolute atomic E-state index is 0.0264. The van der Waals surface area contributed by atoms with Crippen molar-refractivity contribution in [1.29, 1.82) is 0 Å². The Kier molecular flexibility index (Phi) is 10.2. The molecule has 0 aliphatic rings. The molecule has 0 aliphatic heterocycles. The third-order valence-corrected chi connectivity index (χ3v) is 9.57. The molecule has 1 unspecified atom stereocenters. The lowest BCUT2D eigenvalue weighted by Gasteiger charge is -2.17. The number of hydrogen-bond acceptors (Lipinski definition) is 7. The summed E-state index contributed by atoms with van der Waals surface area (Å²) in [5, 5.41) is 3.15. The average Bonchev–Trinajstić information content (AvgIpc) is 3.38. The third kappa shape index (κ3) is 7.48. The van der Waals surface area contributed by atoms with E-state index in [9.17, 15) is 18.0 Å². The summed E-state index contributed by atoms with van der Waals surface area (Å²) in [4.78, 5) is 34.5. The molecule has 46 heavy (non-hydrogen) atoms. The van der Waals surface area contributed by atoms with Gasteiger partial charge >= 0.3 is 0 Å². The number of fused-ring (bicyclic) bond motifs is 1. The molecule has 0 aliphatic carbocycles. The van der Waals surface area contributed by atoms with E-state index in [0.717, 1.165) is 53.3 Å². The fourth-order valence-corrected chi connectivity index (χ4v) is 6.94. The molecule has 0 bridgehead atoms. The summed E-state index contributed by atoms with van der Waals surface area (Å²) in [6.07, 6.45) is 4.05. The number of amides is 2. The summed E-state index contributed by atoms with van der Waals surface area (Å²) in [5.41, 5.74) is 6.03. The number of rotatable bonds is 12. The molecular formula is C35H37N5O4S2. The molecule has 0 radical (unpaired) electrons. The number of aromatic nitrogens is 3. The molecule has 3 aromatic carbocycles. The highest BCUT2D eigenvalue weighted by Gasteiger charge is 2.22. The topological polar surface area (TPSA) is 123 Å². The predicted molar refractivity (Wildman–Crippen MR) is 183 cm³/mol. The first-order valence-electron chi connectivity index (χ1n) is 15.1. The molecule has 5 rings (SSSR count). The lowest BCUT2D eigenvalue weighted by Crippen LogP contribution is -2.37. The molecule has 0 fully saturated rings. The molecule has 9 nitrogen and oxygen atoms in total. The number of carbonyl (C=O) groups excluding carboxylic acids is 2. The molecule has 0 saturated carbocycles. The summed E-state index contributed by atoms with van der Waals surface area (Å²) in [6, 6.07) is 23.8. The number of sulfonamides is 1. The Morgan fingerprint density at radius 3 is 2.39 bits per heavy atom. The highest BCUT2D eigenvalue weighted by Crippen LogP contribution is 2.27. The number of thiol groups is 1. The van der Waals surface area contributed by atoms with Crippen LogP contribution in [0.1, 0.15) is 53.1 Å².